The number of nitrogens with one attached hydrogen (secondary N) is 2. The van der Waals surface area contributed by atoms with Crippen LogP contribution in [0.5, 0.6) is 0 Å². The summed E-state index contributed by atoms with van der Waals surface area (Å²) in [5.74, 6) is 0.0692. The number of benzene rings is 3. The molecule has 8 nitrogen and oxygen atoms in total. The zero-order chi connectivity index (χ0) is 27.6. The summed E-state index contributed by atoms with van der Waals surface area (Å²) in [7, 11) is 0. The Kier molecular flexibility index (Phi) is 9.91. The molecule has 0 spiro atoms. The molecule has 0 unspecified atom stereocenters. The lowest BCUT2D eigenvalue weighted by molar-refractivity contribution is -0.130. The first kappa shape index (κ1) is 28.1. The monoisotopic (exact) mass is 528 g/mol. The van der Waals surface area contributed by atoms with E-state index >= 15 is 0 Å². The van der Waals surface area contributed by atoms with Crippen LogP contribution in [0.15, 0.2) is 71.7 Å². The Hall–Kier alpha value is -3.91. The molecular weight excluding hydrogens is 488 g/mol. The van der Waals surface area contributed by atoms with E-state index in [1.807, 2.05) is 30.3 Å². The maximum absolute atomic E-state index is 13.3. The van der Waals surface area contributed by atoms with Crippen molar-refractivity contribution in [2.24, 2.45) is 28.1 Å². The molecule has 0 aliphatic heterocycles. The topological polar surface area (TPSA) is 149 Å². The van der Waals surface area contributed by atoms with Gasteiger partial charge in [-0.25, -0.2) is 4.99 Å². The summed E-state index contributed by atoms with van der Waals surface area (Å²) in [6.07, 6.45) is 7.98. The molecule has 8 N–H and O–H groups in total. The van der Waals surface area contributed by atoms with Crippen LogP contribution < -0.4 is 27.8 Å². The highest BCUT2D eigenvalue weighted by Gasteiger charge is 2.25. The van der Waals surface area contributed by atoms with E-state index in [0.717, 1.165) is 28.3 Å². The minimum absolute atomic E-state index is 0.0167. The number of guanidine groups is 1. The van der Waals surface area contributed by atoms with Crippen molar-refractivity contribution in [3.8, 4) is 0 Å². The summed E-state index contributed by atoms with van der Waals surface area (Å²) < 4.78 is 0. The summed E-state index contributed by atoms with van der Waals surface area (Å²) in [6, 6.07) is 20.1. The van der Waals surface area contributed by atoms with E-state index in [-0.39, 0.29) is 17.8 Å². The standard InChI is InChI=1S/C31H40N6O2/c32-27(19-22-11-15-26(16-12-22)36-31(33)34)29(38)37-28(17-13-21-6-2-1-3-7-21)30(39)35-20-23-10-14-24-8-4-5-9-25(24)18-23/h4-5,8-12,14-16,18,21,27-28H,1-3,6-7,13,17,19-20,32H2,(H,35,39)(H,37,38)(H4,33,34,36)/t27-,28-/m0/s1. The van der Waals surface area contributed by atoms with E-state index in [4.69, 9.17) is 17.2 Å². The molecule has 0 aromatic heterocycles. The number of fused-ring (bicyclic) bond motifs is 1. The Bertz CT molecular complexity index is 1280. The zero-order valence-electron chi connectivity index (χ0n) is 22.4. The van der Waals surface area contributed by atoms with E-state index < -0.39 is 12.1 Å². The molecule has 0 saturated heterocycles. The average Bonchev–Trinajstić information content (AvgIpc) is 2.95. The molecule has 3 aromatic carbocycles. The van der Waals surface area contributed by atoms with Crippen LogP contribution in [0.4, 0.5) is 5.69 Å². The largest absolute Gasteiger partial charge is 0.370 e. The molecule has 4 rings (SSSR count). The molecule has 206 valence electrons. The molecular formula is C31H40N6O2. The SMILES string of the molecule is NC(N)=Nc1ccc(C[C@H](N)C(=O)N[C@@H](CCC2CCCCC2)C(=O)NCc2ccc3ccccc3c2)cc1. The summed E-state index contributed by atoms with van der Waals surface area (Å²) in [5, 5.41) is 8.27. The van der Waals surface area contributed by atoms with Gasteiger partial charge in [-0.3, -0.25) is 9.59 Å². The summed E-state index contributed by atoms with van der Waals surface area (Å²) in [5.41, 5.74) is 19.6. The van der Waals surface area contributed by atoms with E-state index in [1.165, 1.54) is 32.1 Å². The molecule has 0 radical (unpaired) electrons. The van der Waals surface area contributed by atoms with Crippen molar-refractivity contribution in [2.45, 2.75) is 70.0 Å². The fraction of sp³-hybridized carbons (Fsp3) is 0.387. The number of hydrogen-bond acceptors (Lipinski definition) is 4. The van der Waals surface area contributed by atoms with Crippen molar-refractivity contribution in [3.63, 3.8) is 0 Å². The molecule has 0 bridgehead atoms. The minimum Gasteiger partial charge on any atom is -0.370 e. The second kappa shape index (κ2) is 13.8. The van der Waals surface area contributed by atoms with Gasteiger partial charge in [0.2, 0.25) is 11.8 Å². The van der Waals surface area contributed by atoms with Crippen LogP contribution >= 0.6 is 0 Å². The molecule has 1 aliphatic carbocycles. The summed E-state index contributed by atoms with van der Waals surface area (Å²) >= 11 is 0. The highest BCUT2D eigenvalue weighted by atomic mass is 16.2. The average molecular weight is 529 g/mol. The number of rotatable bonds is 11. The van der Waals surface area contributed by atoms with Crippen LogP contribution in [0.25, 0.3) is 10.8 Å². The number of nitrogens with two attached hydrogens (primary N) is 3. The Morgan fingerprint density at radius 3 is 2.28 bits per heavy atom. The number of aliphatic imine (C=N–C) groups is 1. The van der Waals surface area contributed by atoms with Gasteiger partial charge in [0.05, 0.1) is 11.7 Å². The minimum atomic E-state index is -0.788. The molecule has 1 aliphatic rings. The molecule has 2 atom stereocenters. The Morgan fingerprint density at radius 2 is 1.56 bits per heavy atom. The third kappa shape index (κ3) is 8.55. The van der Waals surface area contributed by atoms with Gasteiger partial charge in [0, 0.05) is 6.54 Å². The van der Waals surface area contributed by atoms with Crippen molar-refractivity contribution < 1.29 is 9.59 Å². The number of carbonyl (C=O) groups is 2. The molecule has 2 amide bonds. The lowest BCUT2D eigenvalue weighted by Crippen LogP contribution is -2.52. The van der Waals surface area contributed by atoms with Gasteiger partial charge in [0.25, 0.3) is 0 Å². The Morgan fingerprint density at radius 1 is 0.872 bits per heavy atom. The molecule has 8 heteroatoms. The van der Waals surface area contributed by atoms with Crippen molar-refractivity contribution in [2.75, 3.05) is 0 Å². The summed E-state index contributed by atoms with van der Waals surface area (Å²) in [6.45, 7) is 0.396. The van der Waals surface area contributed by atoms with Crippen molar-refractivity contribution in [1.82, 2.24) is 10.6 Å². The van der Waals surface area contributed by atoms with E-state index in [9.17, 15) is 9.59 Å². The Labute approximate surface area is 230 Å². The van der Waals surface area contributed by atoms with E-state index in [2.05, 4.69) is 39.9 Å². The first-order valence-electron chi connectivity index (χ1n) is 13.9. The highest BCUT2D eigenvalue weighted by Crippen LogP contribution is 2.28. The highest BCUT2D eigenvalue weighted by molar-refractivity contribution is 5.90. The predicted octanol–water partition coefficient (Wildman–Crippen LogP) is 3.78. The third-order valence-corrected chi connectivity index (χ3v) is 7.49. The van der Waals surface area contributed by atoms with Gasteiger partial charge >= 0.3 is 0 Å². The third-order valence-electron chi connectivity index (χ3n) is 7.49. The molecule has 0 heterocycles. The number of carbonyl (C=O) groups excluding carboxylic acids is 2. The van der Waals surface area contributed by atoms with Gasteiger partial charge in [-0.2, -0.15) is 0 Å². The second-order valence-corrected chi connectivity index (χ2v) is 10.6. The maximum Gasteiger partial charge on any atom is 0.242 e. The van der Waals surface area contributed by atoms with Crippen molar-refractivity contribution in [1.29, 1.82) is 0 Å². The molecule has 1 fully saturated rings. The van der Waals surface area contributed by atoms with Crippen LogP contribution in [0, 0.1) is 5.92 Å². The Balaban J connectivity index is 1.37. The lowest BCUT2D eigenvalue weighted by Gasteiger charge is -2.25. The normalized spacial score (nSPS) is 15.3. The maximum atomic E-state index is 13.3. The second-order valence-electron chi connectivity index (χ2n) is 10.6. The van der Waals surface area contributed by atoms with Gasteiger partial charge in [-0.05, 0) is 65.3 Å². The van der Waals surface area contributed by atoms with E-state index in [1.54, 1.807) is 12.1 Å². The van der Waals surface area contributed by atoms with Crippen molar-refractivity contribution >= 4 is 34.2 Å². The first-order chi connectivity index (χ1) is 18.9. The fourth-order valence-corrected chi connectivity index (χ4v) is 5.29. The lowest BCUT2D eigenvalue weighted by atomic mass is 9.85. The number of hydrogen-bond donors (Lipinski definition) is 5. The van der Waals surface area contributed by atoms with E-state index in [0.29, 0.717) is 31.0 Å². The van der Waals surface area contributed by atoms with Gasteiger partial charge in [-0.15, -0.1) is 0 Å². The van der Waals surface area contributed by atoms with Gasteiger partial charge in [0.15, 0.2) is 5.96 Å². The molecule has 1 saturated carbocycles. The van der Waals surface area contributed by atoms with Gasteiger partial charge in [-0.1, -0.05) is 80.6 Å². The van der Waals surface area contributed by atoms with Crippen LogP contribution in [0.1, 0.15) is 56.1 Å². The van der Waals surface area contributed by atoms with Crippen LogP contribution in [-0.4, -0.2) is 29.9 Å². The molecule has 39 heavy (non-hydrogen) atoms. The smallest absolute Gasteiger partial charge is 0.242 e. The van der Waals surface area contributed by atoms with Crippen molar-refractivity contribution in [3.05, 3.63) is 77.9 Å². The number of nitrogens with zero attached hydrogens (tertiary/aromatic N) is 1. The summed E-state index contributed by atoms with van der Waals surface area (Å²) in [4.78, 5) is 30.4. The number of amides is 2. The fourth-order valence-electron chi connectivity index (χ4n) is 5.29. The van der Waals surface area contributed by atoms with Gasteiger partial charge in [0.1, 0.15) is 6.04 Å². The first-order valence-corrected chi connectivity index (χ1v) is 13.9. The van der Waals surface area contributed by atoms with Gasteiger partial charge < -0.3 is 27.8 Å². The zero-order valence-corrected chi connectivity index (χ0v) is 22.4. The quantitative estimate of drug-likeness (QED) is 0.190. The predicted molar refractivity (Wildman–Crippen MR) is 157 cm³/mol. The van der Waals surface area contributed by atoms with Crippen LogP contribution in [-0.2, 0) is 22.6 Å². The van der Waals surface area contributed by atoms with Crippen LogP contribution in [0.2, 0.25) is 0 Å². The molecule has 3 aromatic rings. The van der Waals surface area contributed by atoms with Crippen LogP contribution in [0.3, 0.4) is 0 Å².